The molecule has 0 aliphatic carbocycles. The summed E-state index contributed by atoms with van der Waals surface area (Å²) in [5.41, 5.74) is 0.705. The first-order valence-corrected chi connectivity index (χ1v) is 5.05. The van der Waals surface area contributed by atoms with Gasteiger partial charge in [0.05, 0.1) is 0 Å². The van der Waals surface area contributed by atoms with E-state index < -0.39 is 0 Å². The number of carbonyl (C=O) groups is 1. The Morgan fingerprint density at radius 1 is 1.33 bits per heavy atom. The van der Waals surface area contributed by atoms with Gasteiger partial charge in [-0.05, 0) is 29.5 Å². The maximum absolute atomic E-state index is 11.0. The topological polar surface area (TPSA) is 60.7 Å². The second-order valence-electron chi connectivity index (χ2n) is 2.88. The molecule has 1 aromatic heterocycles. The molecule has 1 aromatic carbocycles. The Bertz CT molecular complexity index is 451. The van der Waals surface area contributed by atoms with Crippen LogP contribution in [-0.4, -0.2) is 25.4 Å². The van der Waals surface area contributed by atoms with Crippen LogP contribution < -0.4 is 0 Å². The maximum Gasteiger partial charge on any atom is 0.159 e. The van der Waals surface area contributed by atoms with Gasteiger partial charge in [0.25, 0.3) is 0 Å². The summed E-state index contributed by atoms with van der Waals surface area (Å²) in [6.45, 7) is 1.55. The van der Waals surface area contributed by atoms with E-state index in [4.69, 9.17) is 0 Å². The summed E-state index contributed by atoms with van der Waals surface area (Å²) in [6.07, 6.45) is 1.52. The quantitative estimate of drug-likeness (QED) is 0.732. The zero-order valence-electron chi connectivity index (χ0n) is 7.99. The summed E-state index contributed by atoms with van der Waals surface area (Å²) in [7, 11) is 0. The lowest BCUT2D eigenvalue weighted by atomic mass is 10.2. The first kappa shape index (κ1) is 9.85. The molecular formula is C9H8N4OS. The maximum atomic E-state index is 11.0. The highest BCUT2D eigenvalue weighted by Crippen LogP contribution is 2.18. The van der Waals surface area contributed by atoms with Crippen molar-refractivity contribution in [1.29, 1.82) is 0 Å². The van der Waals surface area contributed by atoms with Crippen molar-refractivity contribution in [2.24, 2.45) is 0 Å². The molecule has 2 rings (SSSR count). The number of hydrogen-bond donors (Lipinski definition) is 0. The minimum Gasteiger partial charge on any atom is -0.295 e. The Morgan fingerprint density at radius 3 is 2.60 bits per heavy atom. The molecule has 0 radical (unpaired) electrons. The number of benzene rings is 1. The van der Waals surface area contributed by atoms with Gasteiger partial charge in [-0.25, -0.2) is 0 Å². The van der Waals surface area contributed by atoms with Crippen molar-refractivity contribution < 1.29 is 4.79 Å². The van der Waals surface area contributed by atoms with Gasteiger partial charge in [0.2, 0.25) is 0 Å². The van der Waals surface area contributed by atoms with Crippen LogP contribution >= 0.6 is 11.9 Å². The molecule has 0 bridgehead atoms. The van der Waals surface area contributed by atoms with E-state index in [1.165, 1.54) is 18.3 Å². The van der Waals surface area contributed by atoms with Crippen LogP contribution in [0.3, 0.4) is 0 Å². The van der Waals surface area contributed by atoms with Crippen LogP contribution in [0.2, 0.25) is 0 Å². The molecule has 2 aromatic rings. The number of Topliss-reactive ketones (excluding diaryl/α,β-unsaturated/α-hetero) is 1. The molecule has 0 unspecified atom stereocenters. The molecular weight excluding hydrogens is 212 g/mol. The fourth-order valence-electron chi connectivity index (χ4n) is 1.05. The van der Waals surface area contributed by atoms with Crippen LogP contribution in [0.15, 0.2) is 35.5 Å². The molecule has 0 N–H and O–H groups in total. The Hall–Kier alpha value is -1.69. The predicted octanol–water partition coefficient (Wildman–Crippen LogP) is 1.43. The second-order valence-corrected chi connectivity index (χ2v) is 3.91. The number of tetrazole rings is 1. The summed E-state index contributed by atoms with van der Waals surface area (Å²) in [5, 5.41) is 10.8. The third-order valence-corrected chi connectivity index (χ3v) is 2.63. The number of carbonyl (C=O) groups excluding carboxylic acids is 1. The van der Waals surface area contributed by atoms with E-state index in [9.17, 15) is 4.79 Å². The van der Waals surface area contributed by atoms with E-state index >= 15 is 0 Å². The molecule has 0 amide bonds. The molecule has 76 valence electrons. The van der Waals surface area contributed by atoms with Crippen LogP contribution in [0.1, 0.15) is 17.3 Å². The molecule has 0 saturated carbocycles. The Morgan fingerprint density at radius 2 is 2.07 bits per heavy atom. The van der Waals surface area contributed by atoms with E-state index in [1.54, 1.807) is 23.1 Å². The van der Waals surface area contributed by atoms with E-state index in [1.807, 2.05) is 12.1 Å². The summed E-state index contributed by atoms with van der Waals surface area (Å²) >= 11 is 1.38. The number of rotatable bonds is 3. The summed E-state index contributed by atoms with van der Waals surface area (Å²) in [6, 6.07) is 7.30. The first-order chi connectivity index (χ1) is 7.25. The molecule has 15 heavy (non-hydrogen) atoms. The van der Waals surface area contributed by atoms with Crippen molar-refractivity contribution in [3.05, 3.63) is 36.2 Å². The van der Waals surface area contributed by atoms with Gasteiger partial charge in [-0.3, -0.25) is 4.79 Å². The van der Waals surface area contributed by atoms with Crippen LogP contribution in [-0.2, 0) is 0 Å². The van der Waals surface area contributed by atoms with Gasteiger partial charge < -0.3 is 0 Å². The molecule has 0 fully saturated rings. The molecule has 5 nitrogen and oxygen atoms in total. The largest absolute Gasteiger partial charge is 0.295 e. The van der Waals surface area contributed by atoms with Crippen molar-refractivity contribution in [1.82, 2.24) is 19.6 Å². The van der Waals surface area contributed by atoms with Gasteiger partial charge in [0.1, 0.15) is 0 Å². The fourth-order valence-corrected chi connectivity index (χ4v) is 1.69. The predicted molar refractivity (Wildman–Crippen MR) is 55.5 cm³/mol. The van der Waals surface area contributed by atoms with E-state index in [-0.39, 0.29) is 5.78 Å². The minimum atomic E-state index is 0.0639. The van der Waals surface area contributed by atoms with Gasteiger partial charge >= 0.3 is 0 Å². The van der Waals surface area contributed by atoms with E-state index in [2.05, 4.69) is 15.5 Å². The van der Waals surface area contributed by atoms with Gasteiger partial charge in [0, 0.05) is 22.4 Å². The van der Waals surface area contributed by atoms with Crippen molar-refractivity contribution in [3.63, 3.8) is 0 Å². The lowest BCUT2D eigenvalue weighted by Crippen LogP contribution is -1.92. The SMILES string of the molecule is CC(=O)c1ccc(Sn2cnnn2)cc1. The molecule has 0 saturated heterocycles. The lowest BCUT2D eigenvalue weighted by Gasteiger charge is -1.99. The highest BCUT2D eigenvalue weighted by Gasteiger charge is 2.00. The van der Waals surface area contributed by atoms with Crippen molar-refractivity contribution >= 4 is 17.7 Å². The smallest absolute Gasteiger partial charge is 0.159 e. The Balaban J connectivity index is 2.14. The lowest BCUT2D eigenvalue weighted by molar-refractivity contribution is 0.101. The third-order valence-electron chi connectivity index (χ3n) is 1.79. The van der Waals surface area contributed by atoms with Crippen LogP contribution in [0.5, 0.6) is 0 Å². The zero-order valence-corrected chi connectivity index (χ0v) is 8.81. The minimum absolute atomic E-state index is 0.0639. The molecule has 0 spiro atoms. The van der Waals surface area contributed by atoms with Gasteiger partial charge in [-0.1, -0.05) is 12.1 Å². The van der Waals surface area contributed by atoms with Crippen LogP contribution in [0.4, 0.5) is 0 Å². The summed E-state index contributed by atoms with van der Waals surface area (Å²) in [4.78, 5) is 12.0. The van der Waals surface area contributed by atoms with Gasteiger partial charge in [0.15, 0.2) is 12.1 Å². The van der Waals surface area contributed by atoms with E-state index in [0.29, 0.717) is 5.56 Å². The van der Waals surface area contributed by atoms with Crippen molar-refractivity contribution in [3.8, 4) is 0 Å². The zero-order chi connectivity index (χ0) is 10.7. The molecule has 0 atom stereocenters. The highest BCUT2D eigenvalue weighted by molar-refractivity contribution is 7.97. The normalized spacial score (nSPS) is 10.2. The fraction of sp³-hybridized carbons (Fsp3) is 0.111. The van der Waals surface area contributed by atoms with E-state index in [0.717, 1.165) is 4.90 Å². The number of nitrogens with zero attached hydrogens (tertiary/aromatic N) is 4. The van der Waals surface area contributed by atoms with Crippen LogP contribution in [0.25, 0.3) is 0 Å². The van der Waals surface area contributed by atoms with Gasteiger partial charge in [-0.15, -0.1) is 5.10 Å². The highest BCUT2D eigenvalue weighted by atomic mass is 32.2. The molecule has 0 aliphatic rings. The monoisotopic (exact) mass is 220 g/mol. The van der Waals surface area contributed by atoms with Crippen LogP contribution in [0, 0.1) is 0 Å². The van der Waals surface area contributed by atoms with Crippen molar-refractivity contribution in [2.45, 2.75) is 11.8 Å². The summed E-state index contributed by atoms with van der Waals surface area (Å²) in [5.74, 6) is 0.0639. The third kappa shape index (κ3) is 2.41. The number of ketones is 1. The average Bonchev–Trinajstić information content (AvgIpc) is 2.71. The van der Waals surface area contributed by atoms with Crippen molar-refractivity contribution in [2.75, 3.05) is 0 Å². The molecule has 1 heterocycles. The van der Waals surface area contributed by atoms with Gasteiger partial charge in [-0.2, -0.15) is 4.09 Å². The standard InChI is InChI=1S/C9H8N4OS/c1-7(14)8-2-4-9(5-3-8)15-13-6-10-11-12-13/h2-6H,1H3. The number of hydrogen-bond acceptors (Lipinski definition) is 5. The second kappa shape index (κ2) is 4.22. The Kier molecular flexibility index (Phi) is 2.77. The summed E-state index contributed by atoms with van der Waals surface area (Å²) < 4.78 is 1.54. The number of aromatic nitrogens is 4. The average molecular weight is 220 g/mol. The molecule has 0 aliphatic heterocycles. The Labute approximate surface area is 90.6 Å². The molecule has 6 heteroatoms. The first-order valence-electron chi connectivity index (χ1n) is 4.28.